The molecule has 0 aromatic carbocycles. The lowest BCUT2D eigenvalue weighted by atomic mass is 10.0. The van der Waals surface area contributed by atoms with Crippen LogP contribution in [-0.2, 0) is 4.79 Å². The van der Waals surface area contributed by atoms with Crippen molar-refractivity contribution in [3.05, 3.63) is 28.7 Å². The van der Waals surface area contributed by atoms with Gasteiger partial charge in [-0.3, -0.25) is 9.59 Å². The van der Waals surface area contributed by atoms with Crippen molar-refractivity contribution in [1.82, 2.24) is 15.3 Å². The number of likely N-dealkylation sites (N-methyl/N-ethyl adjacent to an activating group) is 1. The van der Waals surface area contributed by atoms with Gasteiger partial charge in [-0.25, -0.2) is 4.98 Å². The van der Waals surface area contributed by atoms with Crippen molar-refractivity contribution in [2.24, 2.45) is 0 Å². The standard InChI is InChI=1S/C15H17N5O2/c1-8-7-20-10(6-17-8)15(22)19(2)12-11(20)9-4-3-5-16-13(9)18-14(12)21/h3-5,8,10,17H,6-7H2,1-2H3,(H,16,18,21)/t8?,10-/m0/s1. The van der Waals surface area contributed by atoms with Gasteiger partial charge in [0.2, 0.25) is 0 Å². The van der Waals surface area contributed by atoms with E-state index in [2.05, 4.69) is 27.1 Å². The van der Waals surface area contributed by atoms with Crippen molar-refractivity contribution in [1.29, 1.82) is 0 Å². The van der Waals surface area contributed by atoms with Gasteiger partial charge in [0.05, 0.1) is 5.69 Å². The molecule has 7 heteroatoms. The number of aromatic amines is 1. The number of carbonyl (C=O) groups is 1. The van der Waals surface area contributed by atoms with Gasteiger partial charge in [-0.1, -0.05) is 0 Å². The number of H-pyrrole nitrogens is 1. The molecule has 22 heavy (non-hydrogen) atoms. The highest BCUT2D eigenvalue weighted by molar-refractivity contribution is 6.10. The number of aromatic nitrogens is 2. The van der Waals surface area contributed by atoms with Gasteiger partial charge in [-0.15, -0.1) is 0 Å². The zero-order valence-electron chi connectivity index (χ0n) is 12.5. The normalized spacial score (nSPS) is 24.4. The Hall–Kier alpha value is -2.41. The van der Waals surface area contributed by atoms with E-state index < -0.39 is 0 Å². The Morgan fingerprint density at radius 3 is 2.95 bits per heavy atom. The lowest BCUT2D eigenvalue weighted by Crippen LogP contribution is -2.64. The number of fused-ring (bicyclic) bond motifs is 5. The Bertz CT molecular complexity index is 830. The summed E-state index contributed by atoms with van der Waals surface area (Å²) in [6, 6.07) is 3.76. The second-order valence-electron chi connectivity index (χ2n) is 5.93. The third-order valence-corrected chi connectivity index (χ3v) is 4.48. The first-order valence-corrected chi connectivity index (χ1v) is 7.36. The third-order valence-electron chi connectivity index (χ3n) is 4.48. The minimum Gasteiger partial charge on any atom is -0.354 e. The predicted molar refractivity (Wildman–Crippen MR) is 84.4 cm³/mol. The van der Waals surface area contributed by atoms with Gasteiger partial charge in [-0.2, -0.15) is 0 Å². The van der Waals surface area contributed by atoms with Crippen LogP contribution in [0.2, 0.25) is 0 Å². The number of hydrogen-bond acceptors (Lipinski definition) is 5. The first kappa shape index (κ1) is 13.3. The van der Waals surface area contributed by atoms with E-state index in [0.717, 1.165) is 11.1 Å². The summed E-state index contributed by atoms with van der Waals surface area (Å²) in [4.78, 5) is 35.6. The molecule has 2 aromatic rings. The lowest BCUT2D eigenvalue weighted by Gasteiger charge is -2.46. The molecule has 114 valence electrons. The van der Waals surface area contributed by atoms with E-state index in [4.69, 9.17) is 0 Å². The highest BCUT2D eigenvalue weighted by Crippen LogP contribution is 2.38. The van der Waals surface area contributed by atoms with Crippen LogP contribution in [0.5, 0.6) is 0 Å². The van der Waals surface area contributed by atoms with E-state index in [1.165, 1.54) is 4.90 Å². The molecule has 0 radical (unpaired) electrons. The van der Waals surface area contributed by atoms with Crippen LogP contribution in [0.25, 0.3) is 11.0 Å². The quantitative estimate of drug-likeness (QED) is 0.719. The molecular weight excluding hydrogens is 282 g/mol. The molecule has 1 fully saturated rings. The predicted octanol–water partition coefficient (Wildman–Crippen LogP) is 0.0662. The van der Waals surface area contributed by atoms with Gasteiger partial charge < -0.3 is 20.1 Å². The maximum Gasteiger partial charge on any atom is 0.275 e. The van der Waals surface area contributed by atoms with E-state index in [1.807, 2.05) is 12.1 Å². The first-order chi connectivity index (χ1) is 10.6. The molecule has 2 aliphatic heterocycles. The number of nitrogens with one attached hydrogen (secondary N) is 2. The van der Waals surface area contributed by atoms with Crippen LogP contribution in [0.4, 0.5) is 11.4 Å². The maximum absolute atomic E-state index is 12.6. The number of anilines is 2. The molecule has 2 atom stereocenters. The molecule has 2 aromatic heterocycles. The summed E-state index contributed by atoms with van der Waals surface area (Å²) in [7, 11) is 1.66. The smallest absolute Gasteiger partial charge is 0.275 e. The number of rotatable bonds is 0. The van der Waals surface area contributed by atoms with Gasteiger partial charge in [0, 0.05) is 37.8 Å². The van der Waals surface area contributed by atoms with E-state index in [0.29, 0.717) is 24.4 Å². The molecule has 1 saturated heterocycles. The van der Waals surface area contributed by atoms with Crippen LogP contribution in [0, 0.1) is 0 Å². The van der Waals surface area contributed by atoms with Crippen molar-refractivity contribution >= 4 is 28.3 Å². The summed E-state index contributed by atoms with van der Waals surface area (Å²) >= 11 is 0. The summed E-state index contributed by atoms with van der Waals surface area (Å²) in [5.41, 5.74) is 1.50. The van der Waals surface area contributed by atoms with E-state index in [1.54, 1.807) is 13.2 Å². The summed E-state index contributed by atoms with van der Waals surface area (Å²) < 4.78 is 0. The fourth-order valence-corrected chi connectivity index (χ4v) is 3.41. The highest BCUT2D eigenvalue weighted by Gasteiger charge is 2.41. The van der Waals surface area contributed by atoms with E-state index in [9.17, 15) is 9.59 Å². The molecule has 0 saturated carbocycles. The molecule has 4 rings (SSSR count). The SMILES string of the molecule is CC1CN2c3c(c(=O)[nH]c4ncccc34)N(C)C(=O)[C@@H]2CN1. The summed E-state index contributed by atoms with van der Waals surface area (Å²) in [6.07, 6.45) is 1.65. The van der Waals surface area contributed by atoms with Crippen LogP contribution in [0.15, 0.2) is 23.1 Å². The molecule has 2 N–H and O–H groups in total. The average molecular weight is 299 g/mol. The molecule has 1 unspecified atom stereocenters. The monoisotopic (exact) mass is 299 g/mol. The van der Waals surface area contributed by atoms with Crippen LogP contribution in [-0.4, -0.2) is 48.1 Å². The van der Waals surface area contributed by atoms with Gasteiger partial charge >= 0.3 is 0 Å². The van der Waals surface area contributed by atoms with Gasteiger partial charge in [0.25, 0.3) is 11.5 Å². The number of carbonyl (C=O) groups excluding carboxylic acids is 1. The van der Waals surface area contributed by atoms with Gasteiger partial charge in [0.1, 0.15) is 17.4 Å². The molecule has 7 nitrogen and oxygen atoms in total. The number of hydrogen-bond donors (Lipinski definition) is 2. The second-order valence-corrected chi connectivity index (χ2v) is 5.93. The fraction of sp³-hybridized carbons (Fsp3) is 0.400. The Labute approximate surface area is 126 Å². The summed E-state index contributed by atoms with van der Waals surface area (Å²) in [5, 5.41) is 4.21. The molecule has 0 bridgehead atoms. The van der Waals surface area contributed by atoms with Crippen molar-refractivity contribution < 1.29 is 4.79 Å². The molecular formula is C15H17N5O2. The minimum absolute atomic E-state index is 0.0550. The summed E-state index contributed by atoms with van der Waals surface area (Å²) in [5.74, 6) is -0.0550. The van der Waals surface area contributed by atoms with Gasteiger partial charge in [-0.05, 0) is 19.1 Å². The molecule has 2 aliphatic rings. The lowest BCUT2D eigenvalue weighted by molar-refractivity contribution is -0.120. The topological polar surface area (TPSA) is 81.3 Å². The Morgan fingerprint density at radius 1 is 1.32 bits per heavy atom. The molecule has 0 spiro atoms. The number of pyridine rings is 2. The van der Waals surface area contributed by atoms with Crippen molar-refractivity contribution in [2.45, 2.75) is 19.0 Å². The summed E-state index contributed by atoms with van der Waals surface area (Å²) in [6.45, 7) is 3.34. The largest absolute Gasteiger partial charge is 0.354 e. The molecule has 1 amide bonds. The average Bonchev–Trinajstić information content (AvgIpc) is 2.51. The number of piperazine rings is 1. The second kappa shape index (κ2) is 4.54. The highest BCUT2D eigenvalue weighted by atomic mass is 16.2. The van der Waals surface area contributed by atoms with Crippen molar-refractivity contribution in [2.75, 3.05) is 29.9 Å². The van der Waals surface area contributed by atoms with Crippen LogP contribution in [0.3, 0.4) is 0 Å². The Balaban J connectivity index is 2.06. The van der Waals surface area contributed by atoms with Crippen molar-refractivity contribution in [3.8, 4) is 0 Å². The van der Waals surface area contributed by atoms with E-state index >= 15 is 0 Å². The van der Waals surface area contributed by atoms with Gasteiger partial charge in [0.15, 0.2) is 0 Å². The van der Waals surface area contributed by atoms with Crippen LogP contribution >= 0.6 is 0 Å². The van der Waals surface area contributed by atoms with Crippen molar-refractivity contribution in [3.63, 3.8) is 0 Å². The zero-order valence-corrected chi connectivity index (χ0v) is 12.5. The molecule has 0 aliphatic carbocycles. The Kier molecular flexibility index (Phi) is 2.74. The van der Waals surface area contributed by atoms with Crippen LogP contribution < -0.4 is 20.7 Å². The zero-order chi connectivity index (χ0) is 15.4. The minimum atomic E-state index is -0.279. The molecule has 4 heterocycles. The Morgan fingerprint density at radius 2 is 2.14 bits per heavy atom. The maximum atomic E-state index is 12.6. The third kappa shape index (κ3) is 1.69. The first-order valence-electron chi connectivity index (χ1n) is 7.36. The van der Waals surface area contributed by atoms with E-state index in [-0.39, 0.29) is 23.6 Å². The number of amides is 1. The van der Waals surface area contributed by atoms with Crippen LogP contribution in [0.1, 0.15) is 6.92 Å². The fourth-order valence-electron chi connectivity index (χ4n) is 3.41. The number of nitrogens with zero attached hydrogens (tertiary/aromatic N) is 3.